The Labute approximate surface area is 252 Å². The number of ether oxygens (including phenoxy) is 3. The summed E-state index contributed by atoms with van der Waals surface area (Å²) in [7, 11) is 0. The molecule has 0 aliphatic carbocycles. The molecule has 0 spiro atoms. The minimum Gasteiger partial charge on any atom is -0.507 e. The Morgan fingerprint density at radius 1 is 1.02 bits per heavy atom. The Morgan fingerprint density at radius 3 is 2.44 bits per heavy atom. The minimum atomic E-state index is -1.07. The lowest BCUT2D eigenvalue weighted by Crippen LogP contribution is -2.29. The Hall–Kier alpha value is -5.22. The van der Waals surface area contributed by atoms with Gasteiger partial charge in [0.25, 0.3) is 5.78 Å². The number of anilines is 1. The number of Topliss-reactive ketones (excluding diaryl/α,β-unsaturated/α-hetero) is 1. The van der Waals surface area contributed by atoms with Crippen LogP contribution in [0.1, 0.15) is 39.5 Å². The molecular formula is C33H28N2O7S. The molecule has 43 heavy (non-hydrogen) atoms. The normalized spacial score (nSPS) is 15.8. The van der Waals surface area contributed by atoms with Crippen LogP contribution in [-0.2, 0) is 14.3 Å². The van der Waals surface area contributed by atoms with E-state index in [0.717, 1.165) is 11.3 Å². The molecule has 1 saturated heterocycles. The van der Waals surface area contributed by atoms with Crippen LogP contribution in [0, 0.1) is 6.92 Å². The molecule has 0 bridgehead atoms. The van der Waals surface area contributed by atoms with Crippen LogP contribution >= 0.6 is 11.3 Å². The smallest absolute Gasteiger partial charge is 0.350 e. The van der Waals surface area contributed by atoms with E-state index in [0.29, 0.717) is 40.7 Å². The maximum Gasteiger partial charge on any atom is 0.350 e. The maximum atomic E-state index is 13.6. The van der Waals surface area contributed by atoms with Gasteiger partial charge in [-0.2, -0.15) is 0 Å². The van der Waals surface area contributed by atoms with E-state index in [-0.39, 0.29) is 27.9 Å². The van der Waals surface area contributed by atoms with E-state index in [1.54, 1.807) is 80.6 Å². The second kappa shape index (κ2) is 12.7. The zero-order chi connectivity index (χ0) is 30.5. The van der Waals surface area contributed by atoms with E-state index in [4.69, 9.17) is 14.2 Å². The molecule has 0 radical (unpaired) electrons. The van der Waals surface area contributed by atoms with Gasteiger partial charge in [0.2, 0.25) is 0 Å². The van der Waals surface area contributed by atoms with E-state index < -0.39 is 23.7 Å². The lowest BCUT2D eigenvalue weighted by molar-refractivity contribution is -0.132. The first-order valence-electron chi connectivity index (χ1n) is 13.4. The molecule has 1 N–H and O–H groups in total. The van der Waals surface area contributed by atoms with Crippen LogP contribution in [0.15, 0.2) is 97.1 Å². The van der Waals surface area contributed by atoms with Gasteiger partial charge in [0, 0.05) is 5.56 Å². The number of aryl methyl sites for hydroxylation is 1. The van der Waals surface area contributed by atoms with Gasteiger partial charge in [0.1, 0.15) is 34.5 Å². The van der Waals surface area contributed by atoms with Crippen LogP contribution in [0.4, 0.5) is 5.13 Å². The molecule has 9 nitrogen and oxygen atoms in total. The standard InChI is InChI=1S/C33H28N2O7S/c1-4-18-41-23-16-14-21(15-17-23)28(36)26-27(22-10-9-13-25(19-22)42-24-11-7-6-8-12-24)35(31(38)29(26)37)33-34-20(3)30(43-33)32(39)40-5-2/h4,6-17,19,27,36H,1,5,18H2,2-3H3/b28-26+. The predicted octanol–water partition coefficient (Wildman–Crippen LogP) is 6.61. The number of hydrogen-bond acceptors (Lipinski definition) is 9. The third-order valence-corrected chi connectivity index (χ3v) is 7.68. The second-order valence-electron chi connectivity index (χ2n) is 9.41. The van der Waals surface area contributed by atoms with E-state index in [9.17, 15) is 19.5 Å². The monoisotopic (exact) mass is 596 g/mol. The number of carbonyl (C=O) groups is 3. The van der Waals surface area contributed by atoms with Gasteiger partial charge >= 0.3 is 11.9 Å². The van der Waals surface area contributed by atoms with Crippen molar-refractivity contribution in [3.63, 3.8) is 0 Å². The number of ketones is 1. The number of aromatic nitrogens is 1. The summed E-state index contributed by atoms with van der Waals surface area (Å²) < 4.78 is 16.7. The van der Waals surface area contributed by atoms with Crippen molar-refractivity contribution in [2.75, 3.05) is 18.1 Å². The number of benzene rings is 3. The van der Waals surface area contributed by atoms with Crippen LogP contribution in [-0.4, -0.2) is 41.0 Å². The zero-order valence-corrected chi connectivity index (χ0v) is 24.3. The number of esters is 1. The highest BCUT2D eigenvalue weighted by Gasteiger charge is 2.48. The lowest BCUT2D eigenvalue weighted by atomic mass is 9.95. The Bertz CT molecular complexity index is 1710. The van der Waals surface area contributed by atoms with Crippen molar-refractivity contribution in [3.05, 3.63) is 119 Å². The molecule has 1 fully saturated rings. The summed E-state index contributed by atoms with van der Waals surface area (Å²) in [6, 6.07) is 21.5. The molecular weight excluding hydrogens is 568 g/mol. The molecule has 4 aromatic rings. The number of thiazole rings is 1. The zero-order valence-electron chi connectivity index (χ0n) is 23.5. The van der Waals surface area contributed by atoms with Crippen molar-refractivity contribution in [2.45, 2.75) is 19.9 Å². The summed E-state index contributed by atoms with van der Waals surface area (Å²) in [5.41, 5.74) is 1.03. The summed E-state index contributed by atoms with van der Waals surface area (Å²) in [5.74, 6) is -1.12. The quantitative estimate of drug-likeness (QED) is 0.0715. The molecule has 10 heteroatoms. The Morgan fingerprint density at radius 2 is 1.74 bits per heavy atom. The molecule has 5 rings (SSSR count). The SMILES string of the molecule is C=CCOc1ccc(/C(O)=C2\C(=O)C(=O)N(c3nc(C)c(C(=O)OCC)s3)C2c2cccc(Oc3ccccc3)c2)cc1. The molecule has 1 aromatic heterocycles. The summed E-state index contributed by atoms with van der Waals surface area (Å²) >= 11 is 0.942. The van der Waals surface area contributed by atoms with Crippen molar-refractivity contribution < 1.29 is 33.7 Å². The average molecular weight is 597 g/mol. The van der Waals surface area contributed by atoms with Crippen molar-refractivity contribution in [2.24, 2.45) is 0 Å². The van der Waals surface area contributed by atoms with Crippen molar-refractivity contribution >= 4 is 39.9 Å². The third-order valence-electron chi connectivity index (χ3n) is 6.54. The Balaban J connectivity index is 1.63. The number of amides is 1. The van der Waals surface area contributed by atoms with E-state index >= 15 is 0 Å². The first kappa shape index (κ1) is 29.3. The number of para-hydroxylation sites is 1. The highest BCUT2D eigenvalue weighted by atomic mass is 32.1. The van der Waals surface area contributed by atoms with Gasteiger partial charge in [-0.25, -0.2) is 9.78 Å². The first-order valence-corrected chi connectivity index (χ1v) is 14.3. The molecule has 1 amide bonds. The fourth-order valence-corrected chi connectivity index (χ4v) is 5.60. The number of hydrogen-bond donors (Lipinski definition) is 1. The lowest BCUT2D eigenvalue weighted by Gasteiger charge is -2.23. The van der Waals surface area contributed by atoms with Crippen LogP contribution in [0.2, 0.25) is 0 Å². The number of aliphatic hydroxyl groups excluding tert-OH is 1. The van der Waals surface area contributed by atoms with Gasteiger partial charge in [-0.3, -0.25) is 14.5 Å². The summed E-state index contributed by atoms with van der Waals surface area (Å²) in [6.45, 7) is 7.42. The topological polar surface area (TPSA) is 115 Å². The number of rotatable bonds is 10. The van der Waals surface area contributed by atoms with Gasteiger partial charge in [0.15, 0.2) is 5.13 Å². The van der Waals surface area contributed by atoms with Crippen LogP contribution in [0.3, 0.4) is 0 Å². The predicted molar refractivity (Wildman–Crippen MR) is 163 cm³/mol. The summed E-state index contributed by atoms with van der Waals surface area (Å²) in [5, 5.41) is 11.6. The van der Waals surface area contributed by atoms with E-state index in [2.05, 4.69) is 11.6 Å². The van der Waals surface area contributed by atoms with E-state index in [1.165, 1.54) is 4.90 Å². The second-order valence-corrected chi connectivity index (χ2v) is 10.4. The highest BCUT2D eigenvalue weighted by Crippen LogP contribution is 2.44. The molecule has 1 atom stereocenters. The van der Waals surface area contributed by atoms with Gasteiger partial charge < -0.3 is 19.3 Å². The number of carbonyl (C=O) groups excluding carboxylic acids is 3. The summed E-state index contributed by atoms with van der Waals surface area (Å²) in [4.78, 5) is 45.7. The average Bonchev–Trinajstić information content (AvgIpc) is 3.53. The van der Waals surface area contributed by atoms with Crippen molar-refractivity contribution in [1.82, 2.24) is 4.98 Å². The third kappa shape index (κ3) is 6.05. The van der Waals surface area contributed by atoms with Crippen molar-refractivity contribution in [1.29, 1.82) is 0 Å². The molecule has 1 aliphatic rings. The van der Waals surface area contributed by atoms with Gasteiger partial charge in [-0.15, -0.1) is 0 Å². The fraction of sp³-hybridized carbons (Fsp3) is 0.152. The number of nitrogens with zero attached hydrogens (tertiary/aromatic N) is 2. The first-order chi connectivity index (χ1) is 20.8. The number of aliphatic hydroxyl groups is 1. The largest absolute Gasteiger partial charge is 0.507 e. The molecule has 1 aliphatic heterocycles. The molecule has 3 aromatic carbocycles. The van der Waals surface area contributed by atoms with Gasteiger partial charge in [-0.05, 0) is 67.9 Å². The van der Waals surface area contributed by atoms with Gasteiger partial charge in [-0.1, -0.05) is 54.3 Å². The van der Waals surface area contributed by atoms with Crippen LogP contribution < -0.4 is 14.4 Å². The molecule has 0 saturated carbocycles. The minimum absolute atomic E-state index is 0.120. The van der Waals surface area contributed by atoms with Crippen molar-refractivity contribution in [3.8, 4) is 17.2 Å². The van der Waals surface area contributed by atoms with Crippen LogP contribution in [0.5, 0.6) is 17.2 Å². The Kier molecular flexibility index (Phi) is 8.68. The fourth-order valence-electron chi connectivity index (χ4n) is 4.61. The molecule has 218 valence electrons. The van der Waals surface area contributed by atoms with Crippen LogP contribution in [0.25, 0.3) is 5.76 Å². The molecule has 1 unspecified atom stereocenters. The molecule has 2 heterocycles. The highest BCUT2D eigenvalue weighted by molar-refractivity contribution is 7.17. The summed E-state index contributed by atoms with van der Waals surface area (Å²) in [6.07, 6.45) is 1.61. The van der Waals surface area contributed by atoms with E-state index in [1.807, 2.05) is 18.2 Å². The van der Waals surface area contributed by atoms with Gasteiger partial charge in [0.05, 0.1) is 23.9 Å². The maximum absolute atomic E-state index is 13.6.